The number of methoxy groups -OCH3 is 1. The Morgan fingerprint density at radius 3 is 2.84 bits per heavy atom. The van der Waals surface area contributed by atoms with Gasteiger partial charge in [0.1, 0.15) is 10.8 Å². The second-order valence-corrected chi connectivity index (χ2v) is 7.30. The lowest BCUT2D eigenvalue weighted by atomic mass is 9.88. The van der Waals surface area contributed by atoms with E-state index in [0.29, 0.717) is 21.6 Å². The van der Waals surface area contributed by atoms with Crippen LogP contribution in [0.25, 0.3) is 0 Å². The van der Waals surface area contributed by atoms with Crippen LogP contribution >= 0.6 is 11.3 Å². The van der Waals surface area contributed by atoms with Gasteiger partial charge in [0.05, 0.1) is 24.3 Å². The monoisotopic (exact) mass is 361 g/mol. The number of nitrogens with one attached hydrogen (secondary N) is 2. The van der Waals surface area contributed by atoms with Crippen molar-refractivity contribution in [3.63, 3.8) is 0 Å². The Bertz CT molecular complexity index is 833. The van der Waals surface area contributed by atoms with Crippen LogP contribution in [0, 0.1) is 0 Å². The maximum absolute atomic E-state index is 12.9. The van der Waals surface area contributed by atoms with Crippen LogP contribution in [0.5, 0.6) is 5.75 Å². The molecule has 4 N–H and O–H groups in total. The molecule has 0 unspecified atom stereocenters. The van der Waals surface area contributed by atoms with Gasteiger partial charge >= 0.3 is 0 Å². The topological polar surface area (TPSA) is 119 Å². The summed E-state index contributed by atoms with van der Waals surface area (Å²) in [5, 5.41) is 14.5. The number of ether oxygens (including phenoxy) is 1. The van der Waals surface area contributed by atoms with Gasteiger partial charge in [-0.25, -0.2) is 0 Å². The van der Waals surface area contributed by atoms with E-state index in [4.69, 9.17) is 10.5 Å². The number of hydrogen-bond acceptors (Lipinski definition) is 7. The minimum atomic E-state index is -0.751. The van der Waals surface area contributed by atoms with Crippen molar-refractivity contribution in [2.24, 2.45) is 0 Å². The second kappa shape index (κ2) is 6.32. The fourth-order valence-corrected chi connectivity index (χ4v) is 3.47. The number of nitrogens with zero attached hydrogens (tertiary/aromatic N) is 2. The molecule has 2 heterocycles. The van der Waals surface area contributed by atoms with E-state index in [1.54, 1.807) is 12.1 Å². The third kappa shape index (κ3) is 3.27. The van der Waals surface area contributed by atoms with E-state index in [1.807, 2.05) is 19.9 Å². The first-order valence-corrected chi connectivity index (χ1v) is 8.51. The molecule has 0 fully saturated rings. The van der Waals surface area contributed by atoms with E-state index in [-0.39, 0.29) is 18.2 Å². The number of aromatic nitrogens is 2. The highest BCUT2D eigenvalue weighted by Gasteiger charge is 2.36. The molecule has 0 bridgehead atoms. The van der Waals surface area contributed by atoms with Crippen LogP contribution in [-0.2, 0) is 15.1 Å². The number of benzene rings is 1. The average Bonchev–Trinajstić information content (AvgIpc) is 3.00. The van der Waals surface area contributed by atoms with Gasteiger partial charge in [-0.2, -0.15) is 0 Å². The van der Waals surface area contributed by atoms with Crippen LogP contribution in [0.2, 0.25) is 0 Å². The average molecular weight is 361 g/mol. The fourth-order valence-electron chi connectivity index (χ4n) is 2.80. The van der Waals surface area contributed by atoms with Crippen molar-refractivity contribution in [3.05, 3.63) is 28.8 Å². The summed E-state index contributed by atoms with van der Waals surface area (Å²) in [7, 11) is 1.52. The van der Waals surface area contributed by atoms with E-state index >= 15 is 0 Å². The van der Waals surface area contributed by atoms with Gasteiger partial charge in [-0.3, -0.25) is 9.59 Å². The summed E-state index contributed by atoms with van der Waals surface area (Å²) in [5.41, 5.74) is 6.14. The molecule has 1 aliphatic heterocycles. The third-order valence-electron chi connectivity index (χ3n) is 4.04. The smallest absolute Gasteiger partial charge is 0.228 e. The first-order chi connectivity index (χ1) is 11.8. The highest BCUT2D eigenvalue weighted by molar-refractivity contribution is 7.15. The number of anilines is 2. The molecule has 0 spiro atoms. The van der Waals surface area contributed by atoms with Crippen LogP contribution < -0.4 is 21.1 Å². The number of carbonyl (C=O) groups excluding carboxylic acids is 2. The Balaban J connectivity index is 1.89. The minimum Gasteiger partial charge on any atom is -0.495 e. The maximum Gasteiger partial charge on any atom is 0.228 e. The quantitative estimate of drug-likeness (QED) is 0.761. The van der Waals surface area contributed by atoms with Crippen molar-refractivity contribution in [1.82, 2.24) is 15.5 Å². The Hall–Kier alpha value is -2.68. The molecule has 0 aliphatic carbocycles. The Labute approximate surface area is 148 Å². The largest absolute Gasteiger partial charge is 0.495 e. The summed E-state index contributed by atoms with van der Waals surface area (Å²) in [6, 6.07) is 5.36. The van der Waals surface area contributed by atoms with Gasteiger partial charge in [0, 0.05) is 6.42 Å². The van der Waals surface area contributed by atoms with Gasteiger partial charge < -0.3 is 21.1 Å². The minimum absolute atomic E-state index is 0.0698. The zero-order chi connectivity index (χ0) is 18.2. The Morgan fingerprint density at radius 1 is 1.44 bits per heavy atom. The molecule has 9 heteroatoms. The molecule has 0 saturated carbocycles. The number of amides is 2. The van der Waals surface area contributed by atoms with E-state index in [0.717, 1.165) is 5.56 Å². The molecule has 8 nitrogen and oxygen atoms in total. The van der Waals surface area contributed by atoms with Crippen LogP contribution in [0.15, 0.2) is 18.2 Å². The summed E-state index contributed by atoms with van der Waals surface area (Å²) in [4.78, 5) is 25.0. The van der Waals surface area contributed by atoms with Gasteiger partial charge in [-0.1, -0.05) is 23.5 Å². The van der Waals surface area contributed by atoms with E-state index < -0.39 is 11.5 Å². The lowest BCUT2D eigenvalue weighted by Gasteiger charge is -2.30. The number of para-hydroxylation sites is 1. The van der Waals surface area contributed by atoms with Crippen molar-refractivity contribution in [1.29, 1.82) is 0 Å². The zero-order valence-corrected chi connectivity index (χ0v) is 14.9. The predicted octanol–water partition coefficient (Wildman–Crippen LogP) is 1.61. The lowest BCUT2D eigenvalue weighted by molar-refractivity contribution is -0.127. The van der Waals surface area contributed by atoms with E-state index in [9.17, 15) is 9.59 Å². The molecule has 0 saturated heterocycles. The van der Waals surface area contributed by atoms with Gasteiger partial charge in [0.2, 0.25) is 16.9 Å². The molecule has 132 valence electrons. The molecule has 3 rings (SSSR count). The van der Waals surface area contributed by atoms with Gasteiger partial charge in [-0.15, -0.1) is 10.2 Å². The van der Waals surface area contributed by atoms with Gasteiger partial charge in [0.15, 0.2) is 0 Å². The highest BCUT2D eigenvalue weighted by atomic mass is 32.1. The Morgan fingerprint density at radius 2 is 2.20 bits per heavy atom. The summed E-state index contributed by atoms with van der Waals surface area (Å²) < 4.78 is 5.29. The first-order valence-electron chi connectivity index (χ1n) is 7.70. The maximum atomic E-state index is 12.9. The lowest BCUT2D eigenvalue weighted by Crippen LogP contribution is -2.45. The second-order valence-electron chi connectivity index (χ2n) is 6.29. The van der Waals surface area contributed by atoms with Crippen molar-refractivity contribution < 1.29 is 14.3 Å². The molecule has 1 aliphatic rings. The molecule has 25 heavy (non-hydrogen) atoms. The van der Waals surface area contributed by atoms with Crippen molar-refractivity contribution in [2.75, 3.05) is 18.2 Å². The number of rotatable bonds is 4. The molecule has 2 aromatic rings. The predicted molar refractivity (Wildman–Crippen MR) is 94.5 cm³/mol. The standard InChI is InChI=1S/C16H19N5O3S/c1-16(2,14-20-21-15(17)25-14)19-13(23)9-7-11(22)18-12-8(9)5-4-6-10(12)24-3/h4-6,9H,7H2,1-3H3,(H2,17,21)(H,18,22)(H,19,23)/t9-/m0/s1. The summed E-state index contributed by atoms with van der Waals surface area (Å²) in [6.07, 6.45) is 0.0698. The van der Waals surface area contributed by atoms with E-state index in [2.05, 4.69) is 20.8 Å². The summed E-state index contributed by atoms with van der Waals surface area (Å²) in [5.74, 6) is -0.568. The number of fused-ring (bicyclic) bond motifs is 1. The molecule has 1 aromatic heterocycles. The molecular weight excluding hydrogens is 342 g/mol. The fraction of sp³-hybridized carbons (Fsp3) is 0.375. The normalized spacial score (nSPS) is 16.8. The molecular formula is C16H19N5O3S. The SMILES string of the molecule is COc1cccc2c1NC(=O)C[C@@H]2C(=O)NC(C)(C)c1nnc(N)s1. The van der Waals surface area contributed by atoms with Crippen LogP contribution in [0.4, 0.5) is 10.8 Å². The van der Waals surface area contributed by atoms with Crippen LogP contribution in [0.1, 0.15) is 36.8 Å². The number of hydrogen-bond donors (Lipinski definition) is 3. The number of nitrogens with two attached hydrogens (primary N) is 1. The van der Waals surface area contributed by atoms with Crippen molar-refractivity contribution in [3.8, 4) is 5.75 Å². The molecule has 1 aromatic carbocycles. The van der Waals surface area contributed by atoms with Gasteiger partial charge in [-0.05, 0) is 25.5 Å². The molecule has 0 radical (unpaired) electrons. The number of nitrogen functional groups attached to an aromatic ring is 1. The highest BCUT2D eigenvalue weighted by Crippen LogP contribution is 2.39. The van der Waals surface area contributed by atoms with E-state index in [1.165, 1.54) is 18.4 Å². The summed E-state index contributed by atoms with van der Waals surface area (Å²) >= 11 is 1.22. The van der Waals surface area contributed by atoms with Gasteiger partial charge in [0.25, 0.3) is 0 Å². The van der Waals surface area contributed by atoms with Crippen molar-refractivity contribution in [2.45, 2.75) is 31.7 Å². The number of carbonyl (C=O) groups is 2. The third-order valence-corrected chi connectivity index (χ3v) is 5.11. The van der Waals surface area contributed by atoms with Crippen LogP contribution in [-0.4, -0.2) is 29.1 Å². The van der Waals surface area contributed by atoms with Crippen LogP contribution in [0.3, 0.4) is 0 Å². The molecule has 1 atom stereocenters. The Kier molecular flexibility index (Phi) is 4.34. The van der Waals surface area contributed by atoms with Crippen molar-refractivity contribution >= 4 is 34.0 Å². The first kappa shape index (κ1) is 17.2. The zero-order valence-electron chi connectivity index (χ0n) is 14.1. The molecule has 2 amide bonds. The summed E-state index contributed by atoms with van der Waals surface area (Å²) in [6.45, 7) is 3.64.